The van der Waals surface area contributed by atoms with E-state index in [2.05, 4.69) is 0 Å². The third kappa shape index (κ3) is 6.76. The molecule has 0 saturated carbocycles. The van der Waals surface area contributed by atoms with Crippen molar-refractivity contribution >= 4 is 35.3 Å². The van der Waals surface area contributed by atoms with Crippen molar-refractivity contribution in [2.45, 2.75) is 12.1 Å². The quantitative estimate of drug-likeness (QED) is 0.165. The second kappa shape index (κ2) is 9.81. The van der Waals surface area contributed by atoms with E-state index in [0.29, 0.717) is 12.2 Å². The molecule has 24 heavy (non-hydrogen) atoms. The van der Waals surface area contributed by atoms with Gasteiger partial charge in [0.1, 0.15) is 0 Å². The van der Waals surface area contributed by atoms with Crippen LogP contribution in [0, 0.1) is 0 Å². The molecule has 8 N–H and O–H groups in total. The molecule has 0 aromatic carbocycles. The van der Waals surface area contributed by atoms with Crippen molar-refractivity contribution in [1.82, 2.24) is 10.6 Å². The topological polar surface area (TPSA) is 219 Å². The van der Waals surface area contributed by atoms with E-state index in [-0.39, 0.29) is 0 Å². The number of hydrogen-bond acceptors (Lipinski definition) is 8. The monoisotopic (exact) mass is 344 g/mol. The average Bonchev–Trinajstić information content (AvgIpc) is 2.53. The molecule has 0 aliphatic carbocycles. The lowest BCUT2D eigenvalue weighted by atomic mass is 10.1. The summed E-state index contributed by atoms with van der Waals surface area (Å²) in [6.07, 6.45) is 0.949. The van der Waals surface area contributed by atoms with Gasteiger partial charge in [0.25, 0.3) is 0 Å². The number of carbonyl (C=O) groups excluding carboxylic acids is 4. The van der Waals surface area contributed by atoms with Gasteiger partial charge >= 0.3 is 11.9 Å². The van der Waals surface area contributed by atoms with Crippen molar-refractivity contribution in [3.8, 4) is 0 Å². The molecule has 0 heterocycles. The maximum absolute atomic E-state index is 11.7. The van der Waals surface area contributed by atoms with Crippen LogP contribution >= 0.6 is 0 Å². The minimum absolute atomic E-state index is 0.475. The van der Waals surface area contributed by atoms with E-state index in [4.69, 9.17) is 21.7 Å². The molecule has 0 fully saturated rings. The zero-order valence-corrected chi connectivity index (χ0v) is 12.2. The van der Waals surface area contributed by atoms with Crippen LogP contribution in [0.4, 0.5) is 0 Å². The predicted octanol–water partition coefficient (Wildman–Crippen LogP) is -4.26. The first-order chi connectivity index (χ1) is 11.1. The SMILES string of the molecule is NCC(=O)NC(C(=O)O)C(=O)/C=C\C(=O)C(NC(=O)CN)C(=O)O. The highest BCUT2D eigenvalue weighted by Gasteiger charge is 2.28. The summed E-state index contributed by atoms with van der Waals surface area (Å²) in [7, 11) is 0. The molecule has 0 aromatic heterocycles. The van der Waals surface area contributed by atoms with Crippen LogP contribution in [-0.2, 0) is 28.8 Å². The highest BCUT2D eigenvalue weighted by Crippen LogP contribution is 1.95. The number of nitrogens with one attached hydrogen (secondary N) is 2. The summed E-state index contributed by atoms with van der Waals surface area (Å²) in [5.41, 5.74) is 9.94. The van der Waals surface area contributed by atoms with Gasteiger partial charge in [0.15, 0.2) is 23.7 Å². The lowest BCUT2D eigenvalue weighted by Crippen LogP contribution is -2.49. The number of amides is 2. The van der Waals surface area contributed by atoms with E-state index in [0.717, 1.165) is 0 Å². The Labute approximate surface area is 134 Å². The maximum Gasteiger partial charge on any atom is 0.334 e. The first-order valence-corrected chi connectivity index (χ1v) is 6.34. The van der Waals surface area contributed by atoms with Gasteiger partial charge in [-0.25, -0.2) is 9.59 Å². The third-order valence-electron chi connectivity index (χ3n) is 2.46. The Hall–Kier alpha value is -3.12. The van der Waals surface area contributed by atoms with Crippen LogP contribution in [0.15, 0.2) is 12.2 Å². The fourth-order valence-electron chi connectivity index (χ4n) is 1.31. The number of carboxylic acid groups (broad SMARTS) is 2. The summed E-state index contributed by atoms with van der Waals surface area (Å²) in [6, 6.07) is -3.99. The molecular weight excluding hydrogens is 328 g/mol. The Morgan fingerprint density at radius 1 is 0.750 bits per heavy atom. The molecule has 2 unspecified atom stereocenters. The van der Waals surface area contributed by atoms with Crippen molar-refractivity contribution in [3.63, 3.8) is 0 Å². The van der Waals surface area contributed by atoms with E-state index in [1.807, 2.05) is 0 Å². The van der Waals surface area contributed by atoms with Gasteiger partial charge in [-0.1, -0.05) is 0 Å². The summed E-state index contributed by atoms with van der Waals surface area (Å²) in [6.45, 7) is -1.13. The molecular formula is C12H16N4O8. The number of hydrogen-bond donors (Lipinski definition) is 6. The van der Waals surface area contributed by atoms with E-state index in [1.165, 1.54) is 0 Å². The normalized spacial score (nSPS) is 12.9. The molecule has 12 nitrogen and oxygen atoms in total. The lowest BCUT2D eigenvalue weighted by molar-refractivity contribution is -0.145. The lowest BCUT2D eigenvalue weighted by Gasteiger charge is -2.12. The summed E-state index contributed by atoms with van der Waals surface area (Å²) in [4.78, 5) is 67.3. The van der Waals surface area contributed by atoms with Crippen LogP contribution in [0.5, 0.6) is 0 Å². The molecule has 2 amide bonds. The molecule has 0 radical (unpaired) electrons. The molecule has 0 aliphatic rings. The minimum atomic E-state index is -1.99. The number of carbonyl (C=O) groups is 6. The van der Waals surface area contributed by atoms with Gasteiger partial charge in [-0.3, -0.25) is 19.2 Å². The third-order valence-corrected chi connectivity index (χ3v) is 2.46. The second-order valence-electron chi connectivity index (χ2n) is 4.22. The molecule has 0 rings (SSSR count). The highest BCUT2D eigenvalue weighted by atomic mass is 16.4. The largest absolute Gasteiger partial charge is 0.479 e. The molecule has 0 saturated heterocycles. The van der Waals surface area contributed by atoms with Crippen molar-refractivity contribution in [3.05, 3.63) is 12.2 Å². The van der Waals surface area contributed by atoms with Gasteiger partial charge < -0.3 is 32.3 Å². The van der Waals surface area contributed by atoms with Crippen LogP contribution in [0.25, 0.3) is 0 Å². The van der Waals surface area contributed by atoms with Crippen LogP contribution in [0.3, 0.4) is 0 Å². The van der Waals surface area contributed by atoms with Crippen molar-refractivity contribution in [2.24, 2.45) is 11.5 Å². The van der Waals surface area contributed by atoms with E-state index in [1.54, 1.807) is 10.6 Å². The van der Waals surface area contributed by atoms with E-state index < -0.39 is 60.5 Å². The van der Waals surface area contributed by atoms with Gasteiger partial charge in [-0.05, 0) is 12.2 Å². The Morgan fingerprint density at radius 2 is 1.04 bits per heavy atom. The van der Waals surface area contributed by atoms with Gasteiger partial charge in [0.2, 0.25) is 11.8 Å². The molecule has 0 spiro atoms. The number of nitrogens with two attached hydrogens (primary N) is 2. The highest BCUT2D eigenvalue weighted by molar-refractivity contribution is 6.15. The summed E-state index contributed by atoms with van der Waals surface area (Å²) in [5.74, 6) is -7.66. The van der Waals surface area contributed by atoms with Crippen LogP contribution in [0.2, 0.25) is 0 Å². The minimum Gasteiger partial charge on any atom is -0.479 e. The number of aliphatic carboxylic acids is 2. The summed E-state index contributed by atoms with van der Waals surface area (Å²) >= 11 is 0. The standard InChI is InChI=1S/C12H16N4O8/c13-3-7(19)15-9(11(21)22)5(17)1-2-6(18)10(12(23)24)16-8(20)4-14/h1-2,9-10H,3-4,13-14H2,(H,15,19)(H,16,20)(H,21,22)(H,23,24)/b2-1-. The smallest absolute Gasteiger partial charge is 0.334 e. The Kier molecular flexibility index (Phi) is 8.53. The summed E-state index contributed by atoms with van der Waals surface area (Å²) in [5, 5.41) is 21.3. The maximum atomic E-state index is 11.7. The fourth-order valence-corrected chi connectivity index (χ4v) is 1.31. The van der Waals surface area contributed by atoms with Gasteiger partial charge in [-0.2, -0.15) is 0 Å². The Balaban J connectivity index is 5.10. The fraction of sp³-hybridized carbons (Fsp3) is 0.333. The Morgan fingerprint density at radius 3 is 1.25 bits per heavy atom. The van der Waals surface area contributed by atoms with Crippen molar-refractivity contribution < 1.29 is 39.0 Å². The van der Waals surface area contributed by atoms with Crippen LogP contribution < -0.4 is 22.1 Å². The molecule has 132 valence electrons. The number of ketones is 2. The Bertz CT molecular complexity index is 536. The van der Waals surface area contributed by atoms with Gasteiger partial charge in [0, 0.05) is 0 Å². The number of rotatable bonds is 10. The predicted molar refractivity (Wildman–Crippen MR) is 76.4 cm³/mol. The second-order valence-corrected chi connectivity index (χ2v) is 4.22. The molecule has 2 atom stereocenters. The zero-order chi connectivity index (χ0) is 18.9. The molecule has 0 aromatic rings. The summed E-state index contributed by atoms with van der Waals surface area (Å²) < 4.78 is 0. The van der Waals surface area contributed by atoms with Crippen molar-refractivity contribution in [2.75, 3.05) is 13.1 Å². The molecule has 0 aliphatic heterocycles. The van der Waals surface area contributed by atoms with E-state index in [9.17, 15) is 28.8 Å². The first kappa shape index (κ1) is 20.9. The zero-order valence-electron chi connectivity index (χ0n) is 12.2. The van der Waals surface area contributed by atoms with Crippen LogP contribution in [0.1, 0.15) is 0 Å². The first-order valence-electron chi connectivity index (χ1n) is 6.34. The molecule has 12 heteroatoms. The van der Waals surface area contributed by atoms with Crippen molar-refractivity contribution in [1.29, 1.82) is 0 Å². The van der Waals surface area contributed by atoms with Gasteiger partial charge in [-0.15, -0.1) is 0 Å². The van der Waals surface area contributed by atoms with Crippen LogP contribution in [-0.4, -0.2) is 70.7 Å². The van der Waals surface area contributed by atoms with E-state index >= 15 is 0 Å². The molecule has 0 bridgehead atoms. The number of carboxylic acids is 2. The van der Waals surface area contributed by atoms with Gasteiger partial charge in [0.05, 0.1) is 13.1 Å². The average molecular weight is 344 g/mol.